The van der Waals surface area contributed by atoms with Gasteiger partial charge in [0, 0.05) is 29.2 Å². The average Bonchev–Trinajstić information content (AvgIpc) is 3.04. The fourth-order valence-corrected chi connectivity index (χ4v) is 4.53. The van der Waals surface area contributed by atoms with Crippen molar-refractivity contribution in [2.75, 3.05) is 18.5 Å². The number of hydrogen-bond acceptors (Lipinski definition) is 6. The molecule has 0 aliphatic carbocycles. The van der Waals surface area contributed by atoms with E-state index in [1.54, 1.807) is 37.3 Å². The van der Waals surface area contributed by atoms with Crippen molar-refractivity contribution in [2.45, 2.75) is 24.3 Å². The minimum Gasteiger partial charge on any atom is -0.465 e. The zero-order chi connectivity index (χ0) is 22.5. The molecule has 2 unspecified atom stereocenters. The van der Waals surface area contributed by atoms with Crippen LogP contribution in [0.1, 0.15) is 24.0 Å². The van der Waals surface area contributed by atoms with Gasteiger partial charge in [0.1, 0.15) is 0 Å². The molecule has 0 bridgehead atoms. The van der Waals surface area contributed by atoms with E-state index in [1.165, 1.54) is 4.90 Å². The van der Waals surface area contributed by atoms with Gasteiger partial charge in [0.15, 0.2) is 5.37 Å². The van der Waals surface area contributed by atoms with Crippen LogP contribution in [0.3, 0.4) is 0 Å². The predicted molar refractivity (Wildman–Crippen MR) is 120 cm³/mol. The molecule has 3 rings (SSSR count). The fourth-order valence-electron chi connectivity index (χ4n) is 3.60. The molecule has 0 radical (unpaired) electrons. The highest BCUT2D eigenvalue weighted by atomic mass is 35.5. The van der Waals surface area contributed by atoms with Crippen LogP contribution in [0.4, 0.5) is 15.3 Å². The minimum absolute atomic E-state index is 0.0186. The van der Waals surface area contributed by atoms with Crippen molar-refractivity contribution in [2.24, 2.45) is 0 Å². The number of amides is 3. The Kier molecular flexibility index (Phi) is 7.42. The molecular formula is C21H22ClN3O5S. The van der Waals surface area contributed by atoms with Crippen LogP contribution in [-0.2, 0) is 4.79 Å². The summed E-state index contributed by atoms with van der Waals surface area (Å²) >= 11 is 7.06. The molecule has 3 amide bonds. The topological polar surface area (TPSA) is 119 Å². The van der Waals surface area contributed by atoms with Crippen LogP contribution in [-0.4, -0.2) is 56.9 Å². The Bertz CT molecular complexity index is 972. The van der Waals surface area contributed by atoms with Crippen molar-refractivity contribution in [1.82, 2.24) is 10.2 Å². The van der Waals surface area contributed by atoms with Gasteiger partial charge in [0.25, 0.3) is 11.1 Å². The maximum absolute atomic E-state index is 11.8. The molecule has 31 heavy (non-hydrogen) atoms. The second kappa shape index (κ2) is 10.0. The number of nitrogens with zero attached hydrogens (tertiary/aromatic N) is 1. The highest BCUT2D eigenvalue weighted by Gasteiger charge is 2.32. The van der Waals surface area contributed by atoms with Gasteiger partial charge in [-0.3, -0.25) is 14.9 Å². The quantitative estimate of drug-likeness (QED) is 0.472. The fraction of sp³-hybridized carbons (Fsp3) is 0.286. The van der Waals surface area contributed by atoms with Crippen molar-refractivity contribution in [3.63, 3.8) is 0 Å². The van der Waals surface area contributed by atoms with Crippen molar-refractivity contribution < 1.29 is 24.6 Å². The number of carbonyl (C=O) groups is 3. The minimum atomic E-state index is -1.12. The zero-order valence-corrected chi connectivity index (χ0v) is 18.2. The first-order valence-electron chi connectivity index (χ1n) is 9.54. The van der Waals surface area contributed by atoms with Gasteiger partial charge in [-0.05, 0) is 54.1 Å². The van der Waals surface area contributed by atoms with Gasteiger partial charge >= 0.3 is 6.09 Å². The number of carbonyl (C=O) groups excluding carboxylic acids is 2. The Hall–Kier alpha value is -2.75. The van der Waals surface area contributed by atoms with Gasteiger partial charge in [-0.25, -0.2) is 4.79 Å². The summed E-state index contributed by atoms with van der Waals surface area (Å²) in [6, 6.07) is 13.9. The summed E-state index contributed by atoms with van der Waals surface area (Å²) in [5.41, 5.74) is 2.32. The molecule has 0 spiro atoms. The first kappa shape index (κ1) is 22.9. The number of rotatable bonds is 8. The molecule has 1 heterocycles. The highest BCUT2D eigenvalue weighted by Crippen LogP contribution is 2.33. The van der Waals surface area contributed by atoms with Gasteiger partial charge in [-0.2, -0.15) is 0 Å². The molecule has 1 saturated heterocycles. The smallest absolute Gasteiger partial charge is 0.407 e. The van der Waals surface area contributed by atoms with Crippen LogP contribution in [0.5, 0.6) is 0 Å². The summed E-state index contributed by atoms with van der Waals surface area (Å²) in [5, 5.41) is 23.6. The van der Waals surface area contributed by atoms with E-state index in [0.29, 0.717) is 10.7 Å². The molecule has 1 aliphatic heterocycles. The van der Waals surface area contributed by atoms with Crippen molar-refractivity contribution in [1.29, 1.82) is 0 Å². The molecule has 0 saturated carbocycles. The number of aliphatic hydroxyl groups excluding tert-OH is 1. The van der Waals surface area contributed by atoms with Gasteiger partial charge in [0.05, 0.1) is 6.61 Å². The van der Waals surface area contributed by atoms with E-state index in [2.05, 4.69) is 10.6 Å². The summed E-state index contributed by atoms with van der Waals surface area (Å²) in [4.78, 5) is 36.1. The normalized spacial score (nSPS) is 17.7. The molecule has 0 aromatic heterocycles. The van der Waals surface area contributed by atoms with E-state index in [0.717, 1.165) is 22.9 Å². The van der Waals surface area contributed by atoms with E-state index in [9.17, 15) is 24.6 Å². The summed E-state index contributed by atoms with van der Waals surface area (Å²) in [6.07, 6.45) is -1.12. The van der Waals surface area contributed by atoms with Crippen molar-refractivity contribution in [3.8, 4) is 0 Å². The largest absolute Gasteiger partial charge is 0.465 e. The van der Waals surface area contributed by atoms with Crippen LogP contribution in [0.15, 0.2) is 48.5 Å². The lowest BCUT2D eigenvalue weighted by Gasteiger charge is -2.33. The first-order chi connectivity index (χ1) is 14.8. The lowest BCUT2D eigenvalue weighted by Crippen LogP contribution is -2.43. The number of hydrogen-bond donors (Lipinski definition) is 4. The Morgan fingerprint density at radius 3 is 2.48 bits per heavy atom. The molecule has 164 valence electrons. The van der Waals surface area contributed by atoms with Gasteiger partial charge < -0.3 is 20.4 Å². The van der Waals surface area contributed by atoms with Gasteiger partial charge in [-0.1, -0.05) is 35.9 Å². The molecular weight excluding hydrogens is 442 g/mol. The number of halogens is 1. The van der Waals surface area contributed by atoms with Crippen LogP contribution in [0.2, 0.25) is 5.02 Å². The van der Waals surface area contributed by atoms with Crippen molar-refractivity contribution >= 4 is 46.3 Å². The van der Waals surface area contributed by atoms with E-state index in [4.69, 9.17) is 11.6 Å². The van der Waals surface area contributed by atoms with Crippen LogP contribution in [0, 0.1) is 0 Å². The molecule has 10 heteroatoms. The Morgan fingerprint density at radius 2 is 1.94 bits per heavy atom. The van der Waals surface area contributed by atoms with Crippen LogP contribution < -0.4 is 10.6 Å². The number of benzene rings is 2. The SMILES string of the molecule is CC([C@H](c1ccc(NC2SC(=O)NC2=O)cc1)c1cccc(Cl)c1)N(CCO)C(=O)O. The average molecular weight is 464 g/mol. The number of thioether (sulfide) groups is 1. The lowest BCUT2D eigenvalue weighted by atomic mass is 9.85. The Morgan fingerprint density at radius 1 is 1.23 bits per heavy atom. The van der Waals surface area contributed by atoms with Crippen molar-refractivity contribution in [3.05, 3.63) is 64.7 Å². The standard InChI is InChI=1S/C21H22ClN3O5S/c1-12(25(9-10-26)21(29)30)17(14-3-2-4-15(22)11-14)13-5-7-16(8-6-13)23-19-18(27)24-20(28)31-19/h2-8,11-12,17,19,23,26H,9-10H2,1H3,(H,29,30)(H,24,27,28)/t12?,17-,19?/m1/s1. The third kappa shape index (κ3) is 5.49. The summed E-state index contributed by atoms with van der Waals surface area (Å²) < 4.78 is 0. The molecule has 1 aliphatic rings. The van der Waals surface area contributed by atoms with Gasteiger partial charge in [0.2, 0.25) is 0 Å². The third-order valence-corrected chi connectivity index (χ3v) is 6.14. The molecule has 3 atom stereocenters. The Labute approximate surface area is 188 Å². The third-order valence-electron chi connectivity index (χ3n) is 5.02. The Balaban J connectivity index is 1.91. The molecule has 1 fully saturated rings. The number of nitrogens with one attached hydrogen (secondary N) is 2. The maximum atomic E-state index is 11.8. The van der Waals surface area contributed by atoms with E-state index < -0.39 is 28.7 Å². The second-order valence-electron chi connectivity index (χ2n) is 7.01. The zero-order valence-electron chi connectivity index (χ0n) is 16.6. The maximum Gasteiger partial charge on any atom is 0.407 e. The summed E-state index contributed by atoms with van der Waals surface area (Å²) in [7, 11) is 0. The second-order valence-corrected chi connectivity index (χ2v) is 8.53. The van der Waals surface area contributed by atoms with E-state index >= 15 is 0 Å². The predicted octanol–water partition coefficient (Wildman–Crippen LogP) is 3.55. The monoisotopic (exact) mass is 463 g/mol. The molecule has 8 nitrogen and oxygen atoms in total. The molecule has 2 aromatic rings. The number of carboxylic acid groups (broad SMARTS) is 1. The number of aliphatic hydroxyl groups is 1. The molecule has 2 aromatic carbocycles. The summed E-state index contributed by atoms with van der Waals surface area (Å²) in [6.45, 7) is 1.48. The van der Waals surface area contributed by atoms with Crippen LogP contribution in [0.25, 0.3) is 0 Å². The first-order valence-corrected chi connectivity index (χ1v) is 10.8. The van der Waals surface area contributed by atoms with Gasteiger partial charge in [-0.15, -0.1) is 0 Å². The lowest BCUT2D eigenvalue weighted by molar-refractivity contribution is -0.118. The van der Waals surface area contributed by atoms with Crippen LogP contribution >= 0.6 is 23.4 Å². The van der Waals surface area contributed by atoms with E-state index in [-0.39, 0.29) is 19.1 Å². The van der Waals surface area contributed by atoms with E-state index in [1.807, 2.05) is 18.2 Å². The highest BCUT2D eigenvalue weighted by molar-refractivity contribution is 8.15. The molecule has 4 N–H and O–H groups in total. The number of imide groups is 1. The number of anilines is 1. The summed E-state index contributed by atoms with van der Waals surface area (Å²) in [5.74, 6) is -0.744.